The van der Waals surface area contributed by atoms with Crippen molar-refractivity contribution in [2.75, 3.05) is 32.8 Å². The lowest BCUT2D eigenvalue weighted by Gasteiger charge is -2.34. The summed E-state index contributed by atoms with van der Waals surface area (Å²) in [7, 11) is 0. The lowest BCUT2D eigenvalue weighted by Crippen LogP contribution is -2.49. The van der Waals surface area contributed by atoms with Crippen LogP contribution in [0.5, 0.6) is 5.75 Å². The molecule has 0 atom stereocenters. The van der Waals surface area contributed by atoms with Gasteiger partial charge in [-0.05, 0) is 29.3 Å². The van der Waals surface area contributed by atoms with Gasteiger partial charge in [0.05, 0.1) is 0 Å². The van der Waals surface area contributed by atoms with Crippen LogP contribution in [0.25, 0.3) is 11.1 Å². The number of carbonyl (C=O) groups is 3. The Morgan fingerprint density at radius 3 is 1.89 bits per heavy atom. The molecule has 0 spiro atoms. The fourth-order valence-corrected chi connectivity index (χ4v) is 3.63. The van der Waals surface area contributed by atoms with Gasteiger partial charge in [-0.3, -0.25) is 9.69 Å². The number of rotatable bonds is 6. The number of nitrogens with zero attached hydrogens (tertiary/aromatic N) is 2. The lowest BCUT2D eigenvalue weighted by molar-refractivity contribution is -0.159. The van der Waals surface area contributed by atoms with Gasteiger partial charge in [0.25, 0.3) is 5.91 Å². The van der Waals surface area contributed by atoms with E-state index < -0.39 is 11.9 Å². The summed E-state index contributed by atoms with van der Waals surface area (Å²) in [5.41, 5.74) is 2.95. The average molecular weight is 495 g/mol. The molecule has 1 heterocycles. The van der Waals surface area contributed by atoms with Gasteiger partial charge >= 0.3 is 11.9 Å². The summed E-state index contributed by atoms with van der Waals surface area (Å²) in [6.45, 7) is 3.31. The van der Waals surface area contributed by atoms with Gasteiger partial charge in [0.2, 0.25) is 0 Å². The predicted molar refractivity (Wildman–Crippen MR) is 131 cm³/mol. The number of carboxylic acids is 2. The third-order valence-electron chi connectivity index (χ3n) is 5.58. The first kappa shape index (κ1) is 26.4. The number of carboxylic acid groups (broad SMARTS) is 2. The van der Waals surface area contributed by atoms with Crippen LogP contribution in [0.1, 0.15) is 5.56 Å². The summed E-state index contributed by atoms with van der Waals surface area (Å²) >= 11 is 0. The van der Waals surface area contributed by atoms with E-state index in [2.05, 4.69) is 17.0 Å². The van der Waals surface area contributed by atoms with Crippen molar-refractivity contribution >= 4 is 17.8 Å². The van der Waals surface area contributed by atoms with E-state index in [0.717, 1.165) is 24.2 Å². The minimum absolute atomic E-state index is 0.0207. The summed E-state index contributed by atoms with van der Waals surface area (Å²) in [5.74, 6) is -3.17. The zero-order valence-electron chi connectivity index (χ0n) is 19.5. The van der Waals surface area contributed by atoms with Crippen molar-refractivity contribution in [3.63, 3.8) is 0 Å². The SMILES string of the molecule is O=C(COc1ccc(-c2ccccc2)cc1)N1CCN(Cc2ccccc2F)CC1.O=C(O)C(=O)O. The molecule has 1 amide bonds. The molecule has 1 saturated heterocycles. The van der Waals surface area contributed by atoms with Crippen LogP contribution in [-0.4, -0.2) is 70.6 Å². The average Bonchev–Trinajstić information content (AvgIpc) is 2.90. The maximum atomic E-state index is 13.8. The largest absolute Gasteiger partial charge is 0.484 e. The zero-order chi connectivity index (χ0) is 25.9. The van der Waals surface area contributed by atoms with Crippen LogP contribution < -0.4 is 4.74 Å². The molecule has 2 N–H and O–H groups in total. The second-order valence-corrected chi connectivity index (χ2v) is 8.04. The van der Waals surface area contributed by atoms with E-state index in [-0.39, 0.29) is 18.3 Å². The molecule has 0 bridgehead atoms. The minimum Gasteiger partial charge on any atom is -0.484 e. The van der Waals surface area contributed by atoms with Crippen molar-refractivity contribution in [3.8, 4) is 16.9 Å². The Morgan fingerprint density at radius 2 is 1.31 bits per heavy atom. The molecule has 188 valence electrons. The maximum absolute atomic E-state index is 13.8. The van der Waals surface area contributed by atoms with E-state index in [1.165, 1.54) is 6.07 Å². The number of benzene rings is 3. The predicted octanol–water partition coefficient (Wildman–Crippen LogP) is 3.37. The number of ether oxygens (including phenoxy) is 1. The van der Waals surface area contributed by atoms with Crippen molar-refractivity contribution in [2.24, 2.45) is 0 Å². The molecular weight excluding hydrogens is 467 g/mol. The van der Waals surface area contributed by atoms with E-state index in [4.69, 9.17) is 24.5 Å². The monoisotopic (exact) mass is 494 g/mol. The van der Waals surface area contributed by atoms with E-state index in [1.54, 1.807) is 6.07 Å². The van der Waals surface area contributed by atoms with Crippen molar-refractivity contribution in [1.82, 2.24) is 9.80 Å². The number of hydrogen-bond acceptors (Lipinski definition) is 5. The molecule has 36 heavy (non-hydrogen) atoms. The van der Waals surface area contributed by atoms with E-state index in [9.17, 15) is 9.18 Å². The van der Waals surface area contributed by atoms with Gasteiger partial charge in [-0.15, -0.1) is 0 Å². The van der Waals surface area contributed by atoms with Crippen LogP contribution in [0.15, 0.2) is 78.9 Å². The van der Waals surface area contributed by atoms with Gasteiger partial charge < -0.3 is 19.8 Å². The Labute approximate surface area is 208 Å². The van der Waals surface area contributed by atoms with E-state index >= 15 is 0 Å². The molecule has 3 aromatic rings. The molecular formula is C27H27FN2O6. The molecule has 0 saturated carbocycles. The Balaban J connectivity index is 0.000000538. The first-order valence-electron chi connectivity index (χ1n) is 11.3. The molecule has 8 nitrogen and oxygen atoms in total. The highest BCUT2D eigenvalue weighted by Gasteiger charge is 2.22. The summed E-state index contributed by atoms with van der Waals surface area (Å²) in [6, 6.07) is 24.7. The van der Waals surface area contributed by atoms with Crippen molar-refractivity contribution < 1.29 is 33.7 Å². The first-order valence-corrected chi connectivity index (χ1v) is 11.3. The molecule has 1 aliphatic heterocycles. The highest BCUT2D eigenvalue weighted by atomic mass is 19.1. The third-order valence-corrected chi connectivity index (χ3v) is 5.58. The quantitative estimate of drug-likeness (QED) is 0.506. The van der Waals surface area contributed by atoms with Gasteiger partial charge in [-0.1, -0.05) is 60.7 Å². The summed E-state index contributed by atoms with van der Waals surface area (Å²) in [5, 5.41) is 14.8. The van der Waals surface area contributed by atoms with Crippen LogP contribution in [0, 0.1) is 5.82 Å². The summed E-state index contributed by atoms with van der Waals surface area (Å²) in [6.07, 6.45) is 0. The number of halogens is 1. The van der Waals surface area contributed by atoms with Crippen LogP contribution in [0.3, 0.4) is 0 Å². The van der Waals surface area contributed by atoms with Crippen LogP contribution in [0.2, 0.25) is 0 Å². The second kappa shape index (κ2) is 13.0. The Morgan fingerprint density at radius 1 is 0.750 bits per heavy atom. The maximum Gasteiger partial charge on any atom is 0.414 e. The van der Waals surface area contributed by atoms with E-state index in [0.29, 0.717) is 30.9 Å². The topological polar surface area (TPSA) is 107 Å². The van der Waals surface area contributed by atoms with Gasteiger partial charge in [0.15, 0.2) is 6.61 Å². The Kier molecular flexibility index (Phi) is 9.53. The fraction of sp³-hybridized carbons (Fsp3) is 0.222. The van der Waals surface area contributed by atoms with Crippen LogP contribution in [0.4, 0.5) is 4.39 Å². The molecule has 9 heteroatoms. The van der Waals surface area contributed by atoms with Crippen molar-refractivity contribution in [1.29, 1.82) is 0 Å². The highest BCUT2D eigenvalue weighted by molar-refractivity contribution is 6.27. The van der Waals surface area contributed by atoms with Gasteiger partial charge in [0, 0.05) is 38.3 Å². The fourth-order valence-electron chi connectivity index (χ4n) is 3.63. The summed E-state index contributed by atoms with van der Waals surface area (Å²) in [4.78, 5) is 34.7. The molecule has 1 aliphatic rings. The van der Waals surface area contributed by atoms with Crippen molar-refractivity contribution in [3.05, 3.63) is 90.2 Å². The zero-order valence-corrected chi connectivity index (χ0v) is 19.5. The van der Waals surface area contributed by atoms with Crippen molar-refractivity contribution in [2.45, 2.75) is 6.54 Å². The van der Waals surface area contributed by atoms with Gasteiger partial charge in [-0.2, -0.15) is 0 Å². The van der Waals surface area contributed by atoms with Gasteiger partial charge in [0.1, 0.15) is 11.6 Å². The first-order chi connectivity index (χ1) is 17.3. The number of piperazine rings is 1. The normalized spacial score (nSPS) is 13.3. The molecule has 1 fully saturated rings. The molecule has 0 aliphatic carbocycles. The molecule has 0 aromatic heterocycles. The highest BCUT2D eigenvalue weighted by Crippen LogP contribution is 2.22. The number of aliphatic carboxylic acids is 2. The number of hydrogen-bond donors (Lipinski definition) is 2. The molecule has 3 aromatic carbocycles. The lowest BCUT2D eigenvalue weighted by atomic mass is 10.1. The number of carbonyl (C=O) groups excluding carboxylic acids is 1. The molecule has 0 unspecified atom stereocenters. The van der Waals surface area contributed by atoms with Crippen LogP contribution in [-0.2, 0) is 20.9 Å². The molecule has 4 rings (SSSR count). The smallest absolute Gasteiger partial charge is 0.414 e. The minimum atomic E-state index is -1.82. The molecule has 0 radical (unpaired) electrons. The number of amides is 1. The van der Waals surface area contributed by atoms with Crippen LogP contribution >= 0.6 is 0 Å². The Bertz CT molecular complexity index is 1150. The standard InChI is InChI=1S/C25H25FN2O2.C2H2O4/c26-24-9-5-4-8-22(24)18-27-14-16-28(17-15-27)25(29)19-30-23-12-10-21(11-13-23)20-6-2-1-3-7-20;3-1(4)2(5)6/h1-13H,14-19H2;(H,3,4)(H,5,6). The van der Waals surface area contributed by atoms with Gasteiger partial charge in [-0.25, -0.2) is 14.0 Å². The van der Waals surface area contributed by atoms with E-state index in [1.807, 2.05) is 59.5 Å². The Hall–Kier alpha value is -4.24. The second-order valence-electron chi connectivity index (χ2n) is 8.04. The third kappa shape index (κ3) is 7.92. The summed E-state index contributed by atoms with van der Waals surface area (Å²) < 4.78 is 19.5.